The fraction of sp³-hybridized carbons (Fsp3) is 0.0652. The Hall–Kier alpha value is -5.91. The molecular formula is C46H31BrN4. The minimum absolute atomic E-state index is 0.154. The first-order valence-corrected chi connectivity index (χ1v) is 18.0. The molecular weight excluding hydrogens is 688 g/mol. The molecule has 0 amide bonds. The molecule has 4 nitrogen and oxygen atoms in total. The predicted molar refractivity (Wildman–Crippen MR) is 213 cm³/mol. The molecule has 0 atom stereocenters. The fourth-order valence-electron chi connectivity index (χ4n) is 7.99. The normalized spacial score (nSPS) is 13.2. The van der Waals surface area contributed by atoms with Crippen LogP contribution in [0.2, 0.25) is 0 Å². The highest BCUT2D eigenvalue weighted by molar-refractivity contribution is 9.10. The van der Waals surface area contributed by atoms with Crippen molar-refractivity contribution in [3.05, 3.63) is 167 Å². The lowest BCUT2D eigenvalue weighted by Gasteiger charge is -2.22. The van der Waals surface area contributed by atoms with E-state index in [9.17, 15) is 0 Å². The molecule has 1 aliphatic rings. The van der Waals surface area contributed by atoms with Crippen molar-refractivity contribution in [1.29, 1.82) is 0 Å². The maximum absolute atomic E-state index is 5.03. The van der Waals surface area contributed by atoms with Gasteiger partial charge in [0.15, 0.2) is 17.5 Å². The van der Waals surface area contributed by atoms with Crippen LogP contribution in [-0.2, 0) is 5.41 Å². The largest absolute Gasteiger partial charge is 0.309 e. The number of fused-ring (bicyclic) bond motifs is 8. The predicted octanol–water partition coefficient (Wildman–Crippen LogP) is 12.2. The van der Waals surface area contributed by atoms with Crippen molar-refractivity contribution in [3.8, 4) is 51.0 Å². The van der Waals surface area contributed by atoms with Crippen molar-refractivity contribution in [2.24, 2.45) is 0 Å². The minimum atomic E-state index is -0.154. The van der Waals surface area contributed by atoms with E-state index >= 15 is 0 Å². The van der Waals surface area contributed by atoms with Gasteiger partial charge in [-0.2, -0.15) is 0 Å². The molecule has 10 rings (SSSR count). The Labute approximate surface area is 304 Å². The summed E-state index contributed by atoms with van der Waals surface area (Å²) in [5.74, 6) is 1.94. The quantitative estimate of drug-likeness (QED) is 0.182. The SMILES string of the molecule is CC1(C)c2cc3c(cc2-c2c1ccc1ccccc21)c1cc(Br)ccc1n3-c1cccc(-c2nc(-c3ccccc3)nc(-c3ccccc3)n2)c1. The molecule has 0 aliphatic heterocycles. The Bertz CT molecular complexity index is 2780. The Balaban J connectivity index is 1.20. The molecule has 0 N–H and O–H groups in total. The smallest absolute Gasteiger partial charge is 0.164 e. The Morgan fingerprint density at radius 1 is 0.490 bits per heavy atom. The van der Waals surface area contributed by atoms with E-state index in [1.165, 1.54) is 49.3 Å². The zero-order chi connectivity index (χ0) is 34.3. The van der Waals surface area contributed by atoms with E-state index in [-0.39, 0.29) is 5.41 Å². The molecule has 0 bridgehead atoms. The number of benzene rings is 7. The van der Waals surface area contributed by atoms with Crippen molar-refractivity contribution in [2.45, 2.75) is 19.3 Å². The second-order valence-electron chi connectivity index (χ2n) is 13.8. The molecule has 0 spiro atoms. The number of halogens is 1. The van der Waals surface area contributed by atoms with Crippen LogP contribution in [0.25, 0.3) is 83.6 Å². The molecule has 0 saturated carbocycles. The molecule has 9 aromatic rings. The summed E-state index contributed by atoms with van der Waals surface area (Å²) in [6, 6.07) is 53.7. The van der Waals surface area contributed by atoms with E-state index in [2.05, 4.69) is 125 Å². The minimum Gasteiger partial charge on any atom is -0.309 e. The number of hydrogen-bond donors (Lipinski definition) is 0. The van der Waals surface area contributed by atoms with Gasteiger partial charge in [-0.05, 0) is 75.5 Å². The molecule has 0 fully saturated rings. The van der Waals surface area contributed by atoms with E-state index < -0.39 is 0 Å². The lowest BCUT2D eigenvalue weighted by molar-refractivity contribution is 0.661. The summed E-state index contributed by atoms with van der Waals surface area (Å²) in [6.07, 6.45) is 0. The van der Waals surface area contributed by atoms with E-state index in [0.717, 1.165) is 32.4 Å². The third kappa shape index (κ3) is 4.69. The van der Waals surface area contributed by atoms with Gasteiger partial charge in [0.2, 0.25) is 0 Å². The van der Waals surface area contributed by atoms with Crippen molar-refractivity contribution >= 4 is 48.5 Å². The van der Waals surface area contributed by atoms with Crippen molar-refractivity contribution < 1.29 is 0 Å². The van der Waals surface area contributed by atoms with Crippen molar-refractivity contribution in [1.82, 2.24) is 19.5 Å². The highest BCUT2D eigenvalue weighted by Crippen LogP contribution is 2.53. The molecule has 1 aliphatic carbocycles. The van der Waals surface area contributed by atoms with Gasteiger partial charge in [-0.15, -0.1) is 0 Å². The van der Waals surface area contributed by atoms with E-state index in [1.807, 2.05) is 60.7 Å². The zero-order valence-corrected chi connectivity index (χ0v) is 29.7. The summed E-state index contributed by atoms with van der Waals surface area (Å²) in [5, 5.41) is 5.01. The van der Waals surface area contributed by atoms with Gasteiger partial charge in [-0.25, -0.2) is 15.0 Å². The molecule has 5 heteroatoms. The third-order valence-electron chi connectivity index (χ3n) is 10.5. The maximum Gasteiger partial charge on any atom is 0.164 e. The number of rotatable bonds is 4. The second-order valence-corrected chi connectivity index (χ2v) is 14.8. The maximum atomic E-state index is 5.03. The standard InChI is InChI=1S/C46H31BrN4/c1-46(2)38-22-20-28-12-9-10-19-34(28)42(38)37-26-36-35-25-32(47)21-23-40(35)51(41(36)27-39(37)46)33-18-11-17-31(24-33)45-49-43(29-13-5-3-6-14-29)48-44(50-45)30-15-7-4-8-16-30/h3-27H,1-2H3. The van der Waals surface area contributed by atoms with Gasteiger partial charge in [0.1, 0.15) is 0 Å². The van der Waals surface area contributed by atoms with Crippen LogP contribution in [0.4, 0.5) is 0 Å². The molecule has 0 saturated heterocycles. The lowest BCUT2D eigenvalue weighted by atomic mass is 9.82. The molecule has 242 valence electrons. The Kier molecular flexibility index (Phi) is 6.64. The van der Waals surface area contributed by atoms with Gasteiger partial charge in [-0.1, -0.05) is 139 Å². The van der Waals surface area contributed by atoms with Crippen LogP contribution in [-0.4, -0.2) is 19.5 Å². The van der Waals surface area contributed by atoms with Gasteiger partial charge in [0, 0.05) is 43.0 Å². The van der Waals surface area contributed by atoms with E-state index in [1.54, 1.807) is 0 Å². The number of aromatic nitrogens is 4. The Morgan fingerprint density at radius 3 is 1.84 bits per heavy atom. The second kappa shape index (κ2) is 11.3. The van der Waals surface area contributed by atoms with Crippen molar-refractivity contribution in [2.75, 3.05) is 0 Å². The van der Waals surface area contributed by atoms with Gasteiger partial charge in [0.05, 0.1) is 11.0 Å². The molecule has 2 heterocycles. The van der Waals surface area contributed by atoms with Gasteiger partial charge in [-0.3, -0.25) is 0 Å². The molecule has 51 heavy (non-hydrogen) atoms. The summed E-state index contributed by atoms with van der Waals surface area (Å²) < 4.78 is 3.46. The first-order valence-electron chi connectivity index (χ1n) is 17.2. The van der Waals surface area contributed by atoms with Crippen LogP contribution >= 0.6 is 15.9 Å². The zero-order valence-electron chi connectivity index (χ0n) is 28.1. The van der Waals surface area contributed by atoms with E-state index in [4.69, 9.17) is 15.0 Å². The van der Waals surface area contributed by atoms with E-state index in [0.29, 0.717) is 17.5 Å². The number of nitrogens with zero attached hydrogens (tertiary/aromatic N) is 4. The molecule has 0 unspecified atom stereocenters. The van der Waals surface area contributed by atoms with Crippen LogP contribution in [0.15, 0.2) is 156 Å². The monoisotopic (exact) mass is 718 g/mol. The summed E-state index contributed by atoms with van der Waals surface area (Å²) in [6.45, 7) is 4.72. The molecule has 2 aromatic heterocycles. The van der Waals surface area contributed by atoms with Gasteiger partial charge in [0.25, 0.3) is 0 Å². The number of hydrogen-bond acceptors (Lipinski definition) is 3. The van der Waals surface area contributed by atoms with Crippen LogP contribution in [0.3, 0.4) is 0 Å². The summed E-state index contributed by atoms with van der Waals surface area (Å²) >= 11 is 3.78. The highest BCUT2D eigenvalue weighted by Gasteiger charge is 2.37. The third-order valence-corrected chi connectivity index (χ3v) is 11.0. The topological polar surface area (TPSA) is 43.6 Å². The summed E-state index contributed by atoms with van der Waals surface area (Å²) in [5.41, 5.74) is 11.4. The van der Waals surface area contributed by atoms with Gasteiger partial charge < -0.3 is 4.57 Å². The summed E-state index contributed by atoms with van der Waals surface area (Å²) in [4.78, 5) is 15.0. The molecule has 7 aromatic carbocycles. The highest BCUT2D eigenvalue weighted by atomic mass is 79.9. The molecule has 0 radical (unpaired) electrons. The average molecular weight is 720 g/mol. The van der Waals surface area contributed by atoms with Crippen LogP contribution in [0.5, 0.6) is 0 Å². The first kappa shape index (κ1) is 30.0. The lowest BCUT2D eigenvalue weighted by Crippen LogP contribution is -2.15. The van der Waals surface area contributed by atoms with Crippen molar-refractivity contribution in [3.63, 3.8) is 0 Å². The summed E-state index contributed by atoms with van der Waals surface area (Å²) in [7, 11) is 0. The van der Waals surface area contributed by atoms with Crippen LogP contribution in [0.1, 0.15) is 25.0 Å². The Morgan fingerprint density at radius 2 is 1.12 bits per heavy atom. The first-order chi connectivity index (χ1) is 24.9. The fourth-order valence-corrected chi connectivity index (χ4v) is 8.35. The van der Waals surface area contributed by atoms with Crippen LogP contribution in [0, 0.1) is 0 Å². The van der Waals surface area contributed by atoms with Gasteiger partial charge >= 0.3 is 0 Å². The average Bonchev–Trinajstić information content (AvgIpc) is 3.61. The van der Waals surface area contributed by atoms with Crippen LogP contribution < -0.4 is 0 Å².